The molecule has 1 aromatic rings. The molecular formula is C14H23N3. The fourth-order valence-corrected chi connectivity index (χ4v) is 2.40. The molecule has 0 radical (unpaired) electrons. The lowest BCUT2D eigenvalue weighted by Crippen LogP contribution is -2.26. The Hall–Kier alpha value is -0.930. The van der Waals surface area contributed by atoms with Gasteiger partial charge < -0.3 is 10.2 Å². The van der Waals surface area contributed by atoms with Gasteiger partial charge in [-0.1, -0.05) is 0 Å². The smallest absolute Gasteiger partial charge is 0.0292 e. The first-order valence-electron chi connectivity index (χ1n) is 6.72. The normalized spacial score (nSPS) is 18.4. The van der Waals surface area contributed by atoms with E-state index in [9.17, 15) is 0 Å². The van der Waals surface area contributed by atoms with Crippen LogP contribution in [0.2, 0.25) is 0 Å². The summed E-state index contributed by atoms with van der Waals surface area (Å²) in [7, 11) is 0. The molecule has 1 atom stereocenters. The number of nitrogens with one attached hydrogen (secondary N) is 1. The molecule has 1 aromatic heterocycles. The maximum absolute atomic E-state index is 4.04. The van der Waals surface area contributed by atoms with E-state index >= 15 is 0 Å². The summed E-state index contributed by atoms with van der Waals surface area (Å²) in [6.45, 7) is 7.17. The van der Waals surface area contributed by atoms with Crippen molar-refractivity contribution in [2.45, 2.75) is 32.2 Å². The fourth-order valence-electron chi connectivity index (χ4n) is 2.40. The van der Waals surface area contributed by atoms with Crippen molar-refractivity contribution in [2.24, 2.45) is 0 Å². The second-order valence-corrected chi connectivity index (χ2v) is 4.86. The van der Waals surface area contributed by atoms with E-state index in [-0.39, 0.29) is 0 Å². The largest absolute Gasteiger partial charge is 0.310 e. The van der Waals surface area contributed by atoms with Crippen LogP contribution in [-0.2, 0) is 0 Å². The Labute approximate surface area is 104 Å². The molecular weight excluding hydrogens is 210 g/mol. The molecule has 3 heteroatoms. The molecule has 1 N–H and O–H groups in total. The third-order valence-corrected chi connectivity index (χ3v) is 3.51. The van der Waals surface area contributed by atoms with E-state index in [1.807, 2.05) is 12.4 Å². The lowest BCUT2D eigenvalue weighted by molar-refractivity contribution is 0.328. The Balaban J connectivity index is 1.61. The van der Waals surface area contributed by atoms with Gasteiger partial charge in [0.1, 0.15) is 0 Å². The number of hydrogen-bond acceptors (Lipinski definition) is 3. The zero-order chi connectivity index (χ0) is 11.9. The molecule has 2 rings (SSSR count). The van der Waals surface area contributed by atoms with E-state index in [4.69, 9.17) is 0 Å². The maximum atomic E-state index is 4.04. The zero-order valence-electron chi connectivity index (χ0n) is 10.7. The summed E-state index contributed by atoms with van der Waals surface area (Å²) in [4.78, 5) is 6.61. The first-order chi connectivity index (χ1) is 8.36. The number of hydrogen-bond donors (Lipinski definition) is 1. The van der Waals surface area contributed by atoms with Gasteiger partial charge in [0.15, 0.2) is 0 Å². The minimum absolute atomic E-state index is 0.427. The molecule has 3 nitrogen and oxygen atoms in total. The minimum atomic E-state index is 0.427. The van der Waals surface area contributed by atoms with Gasteiger partial charge in [-0.05, 0) is 70.1 Å². The van der Waals surface area contributed by atoms with Crippen LogP contribution < -0.4 is 5.32 Å². The van der Waals surface area contributed by atoms with Gasteiger partial charge in [-0.25, -0.2) is 0 Å². The average molecular weight is 233 g/mol. The van der Waals surface area contributed by atoms with Crippen LogP contribution in [0, 0.1) is 0 Å². The number of pyridine rings is 1. The molecule has 1 saturated heterocycles. The Bertz CT molecular complexity index is 307. The monoisotopic (exact) mass is 233 g/mol. The summed E-state index contributed by atoms with van der Waals surface area (Å²) in [5.41, 5.74) is 1.32. The summed E-state index contributed by atoms with van der Waals surface area (Å²) in [5, 5.41) is 3.57. The van der Waals surface area contributed by atoms with Crippen molar-refractivity contribution >= 4 is 0 Å². The van der Waals surface area contributed by atoms with E-state index < -0.39 is 0 Å². The van der Waals surface area contributed by atoms with Gasteiger partial charge in [0.25, 0.3) is 0 Å². The van der Waals surface area contributed by atoms with Crippen molar-refractivity contribution in [3.05, 3.63) is 30.1 Å². The van der Waals surface area contributed by atoms with E-state index in [0.717, 1.165) is 6.54 Å². The molecule has 2 heterocycles. The summed E-state index contributed by atoms with van der Waals surface area (Å²) in [5.74, 6) is 0. The lowest BCUT2D eigenvalue weighted by atomic mass is 10.1. The van der Waals surface area contributed by atoms with E-state index in [1.165, 1.54) is 44.5 Å². The van der Waals surface area contributed by atoms with Crippen LogP contribution >= 0.6 is 0 Å². The molecule has 0 bridgehead atoms. The van der Waals surface area contributed by atoms with Crippen molar-refractivity contribution in [1.82, 2.24) is 15.2 Å². The van der Waals surface area contributed by atoms with Gasteiger partial charge in [0, 0.05) is 18.4 Å². The van der Waals surface area contributed by atoms with Crippen LogP contribution in [0.15, 0.2) is 24.5 Å². The Morgan fingerprint density at radius 3 is 2.71 bits per heavy atom. The van der Waals surface area contributed by atoms with E-state index in [2.05, 4.69) is 34.3 Å². The van der Waals surface area contributed by atoms with E-state index in [1.54, 1.807) is 0 Å². The first kappa shape index (κ1) is 12.5. The molecule has 0 spiro atoms. The number of aromatic nitrogens is 1. The SMILES string of the molecule is C[C@H](NCCCN1CCCC1)c1ccncc1. The third-order valence-electron chi connectivity index (χ3n) is 3.51. The van der Waals surface area contributed by atoms with Crippen LogP contribution in [0.3, 0.4) is 0 Å². The van der Waals surface area contributed by atoms with Crippen molar-refractivity contribution < 1.29 is 0 Å². The van der Waals surface area contributed by atoms with Gasteiger partial charge in [0.05, 0.1) is 0 Å². The highest BCUT2D eigenvalue weighted by atomic mass is 15.1. The zero-order valence-corrected chi connectivity index (χ0v) is 10.7. The topological polar surface area (TPSA) is 28.2 Å². The summed E-state index contributed by atoms with van der Waals surface area (Å²) >= 11 is 0. The Morgan fingerprint density at radius 1 is 1.29 bits per heavy atom. The predicted octanol–water partition coefficient (Wildman–Crippen LogP) is 2.22. The fraction of sp³-hybridized carbons (Fsp3) is 0.643. The predicted molar refractivity (Wildman–Crippen MR) is 70.9 cm³/mol. The first-order valence-corrected chi connectivity index (χ1v) is 6.72. The van der Waals surface area contributed by atoms with Gasteiger partial charge in [-0.15, -0.1) is 0 Å². The molecule has 0 unspecified atom stereocenters. The van der Waals surface area contributed by atoms with Crippen LogP contribution in [0.25, 0.3) is 0 Å². The van der Waals surface area contributed by atoms with E-state index in [0.29, 0.717) is 6.04 Å². The third kappa shape index (κ3) is 4.10. The standard InChI is InChI=1S/C14H23N3/c1-13(14-5-8-15-9-6-14)16-7-4-12-17-10-2-3-11-17/h5-6,8-9,13,16H,2-4,7,10-12H2,1H3/t13-/m0/s1. The van der Waals surface area contributed by atoms with Crippen molar-refractivity contribution in [1.29, 1.82) is 0 Å². The van der Waals surface area contributed by atoms with Gasteiger partial charge in [-0.2, -0.15) is 0 Å². The average Bonchev–Trinajstić information content (AvgIpc) is 2.88. The summed E-state index contributed by atoms with van der Waals surface area (Å²) < 4.78 is 0. The molecule has 0 amide bonds. The molecule has 1 aliphatic heterocycles. The highest BCUT2D eigenvalue weighted by Gasteiger charge is 2.10. The maximum Gasteiger partial charge on any atom is 0.0292 e. The number of nitrogens with zero attached hydrogens (tertiary/aromatic N) is 2. The summed E-state index contributed by atoms with van der Waals surface area (Å²) in [6.07, 6.45) is 7.74. The minimum Gasteiger partial charge on any atom is -0.310 e. The highest BCUT2D eigenvalue weighted by molar-refractivity contribution is 5.13. The van der Waals surface area contributed by atoms with Crippen molar-refractivity contribution in [3.8, 4) is 0 Å². The van der Waals surface area contributed by atoms with Crippen LogP contribution in [0.4, 0.5) is 0 Å². The quantitative estimate of drug-likeness (QED) is 0.764. The van der Waals surface area contributed by atoms with Gasteiger partial charge in [0.2, 0.25) is 0 Å². The lowest BCUT2D eigenvalue weighted by Gasteiger charge is -2.17. The van der Waals surface area contributed by atoms with Crippen LogP contribution in [0.5, 0.6) is 0 Å². The highest BCUT2D eigenvalue weighted by Crippen LogP contribution is 2.10. The van der Waals surface area contributed by atoms with Crippen LogP contribution in [0.1, 0.15) is 37.8 Å². The molecule has 1 fully saturated rings. The van der Waals surface area contributed by atoms with Crippen molar-refractivity contribution in [3.63, 3.8) is 0 Å². The molecule has 0 saturated carbocycles. The second-order valence-electron chi connectivity index (χ2n) is 4.86. The van der Waals surface area contributed by atoms with Gasteiger partial charge in [-0.3, -0.25) is 4.98 Å². The van der Waals surface area contributed by atoms with Gasteiger partial charge >= 0.3 is 0 Å². The van der Waals surface area contributed by atoms with Crippen LogP contribution in [-0.4, -0.2) is 36.1 Å². The molecule has 0 aromatic carbocycles. The molecule has 1 aliphatic rings. The van der Waals surface area contributed by atoms with Crippen molar-refractivity contribution in [2.75, 3.05) is 26.2 Å². The molecule has 17 heavy (non-hydrogen) atoms. The number of rotatable bonds is 6. The Morgan fingerprint density at radius 2 is 2.00 bits per heavy atom. The second kappa shape index (κ2) is 6.72. The summed E-state index contributed by atoms with van der Waals surface area (Å²) in [6, 6.07) is 4.59. The Kier molecular flexibility index (Phi) is 4.95. The molecule has 0 aliphatic carbocycles. The number of likely N-dealkylation sites (tertiary alicyclic amines) is 1. The molecule has 94 valence electrons.